The van der Waals surface area contributed by atoms with Crippen LogP contribution >= 0.6 is 46.1 Å². The third-order valence-electron chi connectivity index (χ3n) is 3.25. The molecule has 3 rings (SSSR count). The van der Waals surface area contributed by atoms with Crippen LogP contribution in [-0.2, 0) is 0 Å². The first-order valence-electron chi connectivity index (χ1n) is 6.48. The van der Waals surface area contributed by atoms with Crippen molar-refractivity contribution < 1.29 is 0 Å². The van der Waals surface area contributed by atoms with Crippen molar-refractivity contribution in [1.29, 1.82) is 0 Å². The number of halogens is 3. The molecule has 0 aliphatic heterocycles. The lowest BCUT2D eigenvalue weighted by Crippen LogP contribution is -1.92. The van der Waals surface area contributed by atoms with Gasteiger partial charge in [0.05, 0.1) is 26.8 Å². The van der Waals surface area contributed by atoms with Crippen LogP contribution in [-0.4, -0.2) is 6.21 Å². The van der Waals surface area contributed by atoms with Crippen LogP contribution in [0.25, 0.3) is 10.1 Å². The van der Waals surface area contributed by atoms with Gasteiger partial charge in [0, 0.05) is 9.72 Å². The molecule has 1 aromatic heterocycles. The summed E-state index contributed by atoms with van der Waals surface area (Å²) < 4.78 is 1.24. The van der Waals surface area contributed by atoms with Crippen molar-refractivity contribution >= 4 is 68.1 Å². The molecule has 0 saturated carbocycles. The van der Waals surface area contributed by atoms with E-state index in [1.165, 1.54) is 15.6 Å². The molecule has 0 spiro atoms. The van der Waals surface area contributed by atoms with Crippen LogP contribution in [0.5, 0.6) is 0 Å². The standard InChI is InChI=1S/C16H11Cl3N2S/c1-9-11-4-2-3-5-14(11)22-15(9)8-20-21-16-12(18)6-10(17)7-13(16)19/h2-8,21H,1H3/b20-8-. The topological polar surface area (TPSA) is 24.4 Å². The Labute approximate surface area is 147 Å². The van der Waals surface area contributed by atoms with Gasteiger partial charge in [0.2, 0.25) is 0 Å². The van der Waals surface area contributed by atoms with Gasteiger partial charge in [0.15, 0.2) is 0 Å². The van der Waals surface area contributed by atoms with Crippen molar-refractivity contribution in [3.63, 3.8) is 0 Å². The maximum absolute atomic E-state index is 6.11. The van der Waals surface area contributed by atoms with Crippen LogP contribution in [0.3, 0.4) is 0 Å². The zero-order valence-electron chi connectivity index (χ0n) is 11.5. The van der Waals surface area contributed by atoms with E-state index in [-0.39, 0.29) is 0 Å². The summed E-state index contributed by atoms with van der Waals surface area (Å²) in [6.07, 6.45) is 1.78. The highest BCUT2D eigenvalue weighted by atomic mass is 35.5. The molecule has 1 N–H and O–H groups in total. The molecular weight excluding hydrogens is 359 g/mol. The predicted octanol–water partition coefficient (Wildman–Crippen LogP) is 6.62. The quantitative estimate of drug-likeness (QED) is 0.407. The summed E-state index contributed by atoms with van der Waals surface area (Å²) >= 11 is 19.8. The monoisotopic (exact) mass is 368 g/mol. The van der Waals surface area contributed by atoms with E-state index in [0.717, 1.165) is 4.88 Å². The third kappa shape index (κ3) is 3.08. The Morgan fingerprint density at radius 2 is 1.77 bits per heavy atom. The van der Waals surface area contributed by atoms with E-state index < -0.39 is 0 Å². The van der Waals surface area contributed by atoms with Crippen molar-refractivity contribution in [3.05, 3.63) is 61.9 Å². The molecule has 3 aromatic rings. The van der Waals surface area contributed by atoms with Crippen LogP contribution in [0.2, 0.25) is 15.1 Å². The maximum atomic E-state index is 6.11. The number of aryl methyl sites for hydroxylation is 1. The average molecular weight is 370 g/mol. The Morgan fingerprint density at radius 3 is 2.45 bits per heavy atom. The van der Waals surface area contributed by atoms with Crippen LogP contribution < -0.4 is 5.43 Å². The van der Waals surface area contributed by atoms with Gasteiger partial charge in [-0.2, -0.15) is 5.10 Å². The Kier molecular flexibility index (Phi) is 4.59. The summed E-state index contributed by atoms with van der Waals surface area (Å²) in [4.78, 5) is 1.09. The largest absolute Gasteiger partial charge is 0.275 e. The lowest BCUT2D eigenvalue weighted by Gasteiger charge is -2.06. The van der Waals surface area contributed by atoms with E-state index in [2.05, 4.69) is 29.6 Å². The Balaban J connectivity index is 1.87. The van der Waals surface area contributed by atoms with Gasteiger partial charge in [-0.05, 0) is 36.1 Å². The van der Waals surface area contributed by atoms with Crippen molar-refractivity contribution in [2.75, 3.05) is 5.43 Å². The molecular formula is C16H11Cl3N2S. The fourth-order valence-electron chi connectivity index (χ4n) is 2.12. The Morgan fingerprint density at radius 1 is 1.09 bits per heavy atom. The molecule has 0 bridgehead atoms. The zero-order chi connectivity index (χ0) is 15.7. The second-order valence-corrected chi connectivity index (χ2v) is 7.04. The number of nitrogens with one attached hydrogen (secondary N) is 1. The van der Waals surface area contributed by atoms with E-state index in [0.29, 0.717) is 20.8 Å². The Bertz CT molecular complexity index is 848. The highest BCUT2D eigenvalue weighted by molar-refractivity contribution is 7.20. The molecule has 6 heteroatoms. The number of hydrogen-bond acceptors (Lipinski definition) is 3. The molecule has 0 amide bonds. The number of hydrazone groups is 1. The number of hydrogen-bond donors (Lipinski definition) is 1. The lowest BCUT2D eigenvalue weighted by atomic mass is 10.1. The van der Waals surface area contributed by atoms with Gasteiger partial charge in [0.25, 0.3) is 0 Å². The van der Waals surface area contributed by atoms with Gasteiger partial charge >= 0.3 is 0 Å². The molecule has 0 aliphatic rings. The Hall–Kier alpha value is -1.26. The normalized spacial score (nSPS) is 11.5. The molecule has 0 unspecified atom stereocenters. The maximum Gasteiger partial charge on any atom is 0.0935 e. The average Bonchev–Trinajstić information content (AvgIpc) is 2.79. The van der Waals surface area contributed by atoms with Crippen molar-refractivity contribution in [1.82, 2.24) is 0 Å². The number of benzene rings is 2. The van der Waals surface area contributed by atoms with Crippen LogP contribution in [0.4, 0.5) is 5.69 Å². The predicted molar refractivity (Wildman–Crippen MR) is 99.3 cm³/mol. The first kappa shape index (κ1) is 15.6. The molecule has 0 fully saturated rings. The highest BCUT2D eigenvalue weighted by Crippen LogP contribution is 2.34. The second kappa shape index (κ2) is 6.47. The molecule has 0 aliphatic carbocycles. The molecule has 2 nitrogen and oxygen atoms in total. The summed E-state index contributed by atoms with van der Waals surface area (Å²) in [5.74, 6) is 0. The van der Waals surface area contributed by atoms with Crippen molar-refractivity contribution in [3.8, 4) is 0 Å². The van der Waals surface area contributed by atoms with E-state index in [1.807, 2.05) is 12.1 Å². The number of thiophene rings is 1. The number of fused-ring (bicyclic) bond motifs is 1. The van der Waals surface area contributed by atoms with Gasteiger partial charge in [0.1, 0.15) is 0 Å². The van der Waals surface area contributed by atoms with Crippen molar-refractivity contribution in [2.24, 2.45) is 5.10 Å². The van der Waals surface area contributed by atoms with Crippen molar-refractivity contribution in [2.45, 2.75) is 6.92 Å². The fourth-order valence-corrected chi connectivity index (χ4v) is 4.11. The minimum absolute atomic E-state index is 0.433. The lowest BCUT2D eigenvalue weighted by molar-refractivity contribution is 1.35. The fraction of sp³-hybridized carbons (Fsp3) is 0.0625. The van der Waals surface area contributed by atoms with E-state index in [9.17, 15) is 0 Å². The minimum Gasteiger partial charge on any atom is -0.275 e. The minimum atomic E-state index is 0.433. The summed E-state index contributed by atoms with van der Waals surface area (Å²) in [6.45, 7) is 2.09. The summed E-state index contributed by atoms with van der Waals surface area (Å²) in [5, 5.41) is 6.85. The first-order valence-corrected chi connectivity index (χ1v) is 8.43. The zero-order valence-corrected chi connectivity index (χ0v) is 14.6. The first-order chi connectivity index (χ1) is 10.6. The SMILES string of the molecule is Cc1c(/C=N\Nc2c(Cl)cc(Cl)cc2Cl)sc2ccccc12. The summed E-state index contributed by atoms with van der Waals surface area (Å²) in [6, 6.07) is 11.5. The van der Waals surface area contributed by atoms with Gasteiger partial charge < -0.3 is 0 Å². The number of rotatable bonds is 3. The van der Waals surface area contributed by atoms with E-state index in [4.69, 9.17) is 34.8 Å². The highest BCUT2D eigenvalue weighted by Gasteiger charge is 2.08. The van der Waals surface area contributed by atoms with Crippen LogP contribution in [0.15, 0.2) is 41.5 Å². The molecule has 1 heterocycles. The van der Waals surface area contributed by atoms with Crippen LogP contribution in [0, 0.1) is 6.92 Å². The van der Waals surface area contributed by atoms with Gasteiger partial charge in [-0.3, -0.25) is 5.43 Å². The van der Waals surface area contributed by atoms with E-state index >= 15 is 0 Å². The molecule has 0 saturated heterocycles. The van der Waals surface area contributed by atoms with Gasteiger partial charge in [-0.1, -0.05) is 53.0 Å². The second-order valence-electron chi connectivity index (χ2n) is 4.70. The van der Waals surface area contributed by atoms with Gasteiger partial charge in [-0.25, -0.2) is 0 Å². The summed E-state index contributed by atoms with van der Waals surface area (Å²) in [5.41, 5.74) is 4.63. The molecule has 0 atom stereocenters. The third-order valence-corrected chi connectivity index (χ3v) is 5.27. The number of nitrogens with zero attached hydrogens (tertiary/aromatic N) is 1. The van der Waals surface area contributed by atoms with Crippen LogP contribution in [0.1, 0.15) is 10.4 Å². The molecule has 22 heavy (non-hydrogen) atoms. The number of anilines is 1. The summed E-state index contributed by atoms with van der Waals surface area (Å²) in [7, 11) is 0. The molecule has 112 valence electrons. The molecule has 2 aromatic carbocycles. The molecule has 0 radical (unpaired) electrons. The van der Waals surface area contributed by atoms with E-state index in [1.54, 1.807) is 29.7 Å². The van der Waals surface area contributed by atoms with Gasteiger partial charge in [-0.15, -0.1) is 11.3 Å². The smallest absolute Gasteiger partial charge is 0.0935 e.